The van der Waals surface area contributed by atoms with Crippen LogP contribution in [0.3, 0.4) is 0 Å². The van der Waals surface area contributed by atoms with Crippen LogP contribution in [0.2, 0.25) is 5.02 Å². The highest BCUT2D eigenvalue weighted by Crippen LogP contribution is 2.39. The van der Waals surface area contributed by atoms with Crippen LogP contribution in [-0.2, 0) is 16.4 Å². The van der Waals surface area contributed by atoms with Crippen molar-refractivity contribution >= 4 is 26.3 Å². The minimum atomic E-state index is -3.72. The van der Waals surface area contributed by atoms with Gasteiger partial charge in [-0.05, 0) is 77.3 Å². The second-order valence-electron chi connectivity index (χ2n) is 10.7. The van der Waals surface area contributed by atoms with Crippen LogP contribution in [0.25, 0.3) is 4.91 Å². The molecule has 3 aromatic carbocycles. The van der Waals surface area contributed by atoms with Gasteiger partial charge in [-0.25, -0.2) is 17.2 Å². The van der Waals surface area contributed by atoms with Crippen molar-refractivity contribution in [2.45, 2.75) is 44.8 Å². The van der Waals surface area contributed by atoms with Crippen molar-refractivity contribution < 1.29 is 17.2 Å². The highest BCUT2D eigenvalue weighted by atomic mass is 35.5. The number of nitrogens with zero attached hydrogens (tertiary/aromatic N) is 1. The highest BCUT2D eigenvalue weighted by Gasteiger charge is 2.35. The Hall–Kier alpha value is -2.58. The van der Waals surface area contributed by atoms with Crippen molar-refractivity contribution in [3.63, 3.8) is 0 Å². The lowest BCUT2D eigenvalue weighted by Gasteiger charge is -2.42. The molecule has 5 rings (SSSR count). The molecule has 2 aliphatic rings. The van der Waals surface area contributed by atoms with E-state index in [1.54, 1.807) is 0 Å². The van der Waals surface area contributed by atoms with Crippen LogP contribution in [0.1, 0.15) is 54.5 Å². The van der Waals surface area contributed by atoms with E-state index in [0.29, 0.717) is 29.7 Å². The zero-order valence-electron chi connectivity index (χ0n) is 22.1. The molecule has 1 aliphatic heterocycles. The predicted octanol–water partition coefficient (Wildman–Crippen LogP) is 6.76. The van der Waals surface area contributed by atoms with E-state index in [0.717, 1.165) is 54.5 Å². The summed E-state index contributed by atoms with van der Waals surface area (Å²) < 4.78 is 53.3. The second kappa shape index (κ2) is 11.5. The monoisotopic (exact) mass is 570 g/mol. The van der Waals surface area contributed by atoms with E-state index in [1.807, 2.05) is 24.3 Å². The van der Waals surface area contributed by atoms with Crippen molar-refractivity contribution in [3.8, 4) is 0 Å². The zero-order chi connectivity index (χ0) is 27.7. The topological polar surface area (TPSA) is 49.4 Å². The number of hydrogen-bond donors (Lipinski definition) is 1. The Bertz CT molecular complexity index is 1440. The quantitative estimate of drug-likeness (QED) is 0.293. The Labute approximate surface area is 234 Å². The molecule has 0 amide bonds. The van der Waals surface area contributed by atoms with E-state index in [9.17, 15) is 17.2 Å². The molecule has 1 heterocycles. The molecule has 3 aromatic rings. The van der Waals surface area contributed by atoms with Crippen molar-refractivity contribution in [1.82, 2.24) is 10.2 Å². The lowest BCUT2D eigenvalue weighted by molar-refractivity contribution is 0.203. The molecule has 4 nitrogen and oxygen atoms in total. The molecule has 0 spiro atoms. The molecule has 2 fully saturated rings. The molecule has 0 radical (unpaired) electrons. The molecular weight excluding hydrogens is 538 g/mol. The van der Waals surface area contributed by atoms with Crippen LogP contribution >= 0.6 is 11.6 Å². The minimum Gasteiger partial charge on any atom is -0.310 e. The van der Waals surface area contributed by atoms with E-state index < -0.39 is 21.5 Å². The molecule has 1 saturated carbocycles. The van der Waals surface area contributed by atoms with Crippen molar-refractivity contribution in [2.75, 3.05) is 19.3 Å². The van der Waals surface area contributed by atoms with Gasteiger partial charge in [-0.1, -0.05) is 54.9 Å². The van der Waals surface area contributed by atoms with E-state index in [1.165, 1.54) is 18.4 Å². The van der Waals surface area contributed by atoms with Crippen molar-refractivity contribution in [1.29, 1.82) is 0 Å². The molecule has 1 N–H and O–H groups in total. The fourth-order valence-electron chi connectivity index (χ4n) is 5.60. The third-order valence-corrected chi connectivity index (χ3v) is 9.17. The fourth-order valence-corrected chi connectivity index (χ4v) is 6.93. The van der Waals surface area contributed by atoms with Gasteiger partial charge >= 0.3 is 0 Å². The fraction of sp³-hybridized carbons (Fsp3) is 0.355. The molecule has 2 atom stereocenters. The van der Waals surface area contributed by atoms with Gasteiger partial charge in [-0.3, -0.25) is 4.90 Å². The first-order valence-corrected chi connectivity index (χ1v) is 15.6. The summed E-state index contributed by atoms with van der Waals surface area (Å²) in [6.45, 7) is 3.76. The van der Waals surface area contributed by atoms with Gasteiger partial charge in [-0.2, -0.15) is 0 Å². The Morgan fingerprint density at radius 1 is 0.974 bits per heavy atom. The van der Waals surface area contributed by atoms with Crippen LogP contribution in [0.15, 0.2) is 72.3 Å². The number of rotatable bonds is 10. The summed E-state index contributed by atoms with van der Waals surface area (Å²) in [4.78, 5) is 2.15. The van der Waals surface area contributed by atoms with Gasteiger partial charge in [0, 0.05) is 43.0 Å². The zero-order valence-corrected chi connectivity index (χ0v) is 23.7. The average molecular weight is 571 g/mol. The summed E-state index contributed by atoms with van der Waals surface area (Å²) >= 11 is 6.16. The standard InChI is InChI=1S/C31H33ClF2N2O2S/c1-3-29(21-8-9-21)35-17-20-4-6-22(7-5-20)30(23-10-12-26(32)13-11-23)36-18-25(19-36)31(39(2,37)38)24-14-27(33)16-28(34)15-24/h4-7,10-16,21,29-30,35H,3,8-9,17-19H2,1-2H3/t29?,30-/m1/s1. The van der Waals surface area contributed by atoms with Gasteiger partial charge in [-0.15, -0.1) is 0 Å². The summed E-state index contributed by atoms with van der Waals surface area (Å²) in [6, 6.07) is 19.5. The molecule has 1 aliphatic carbocycles. The average Bonchev–Trinajstić information content (AvgIpc) is 3.69. The lowest BCUT2D eigenvalue weighted by atomic mass is 9.91. The summed E-state index contributed by atoms with van der Waals surface area (Å²) in [5.74, 6) is -0.809. The normalized spacial score (nSPS) is 17.5. The maximum absolute atomic E-state index is 14.0. The number of nitrogens with one attached hydrogen (secondary N) is 1. The maximum atomic E-state index is 14.0. The third kappa shape index (κ3) is 6.60. The largest absolute Gasteiger partial charge is 0.310 e. The summed E-state index contributed by atoms with van der Waals surface area (Å²) in [5.41, 5.74) is 3.99. The molecule has 39 heavy (non-hydrogen) atoms. The summed E-state index contributed by atoms with van der Waals surface area (Å²) in [7, 11) is -3.72. The SMILES string of the molecule is CCC(NCc1ccc([C@H](c2ccc(Cl)cc2)N2CC(=C(c3cc(F)cc(F)c3)S(C)(=O)=O)C2)cc1)C1CC1. The Balaban J connectivity index is 1.41. The molecule has 0 aromatic heterocycles. The number of hydrogen-bond acceptors (Lipinski definition) is 4. The van der Waals surface area contributed by atoms with E-state index in [-0.39, 0.29) is 16.5 Å². The van der Waals surface area contributed by atoms with Crippen LogP contribution in [0, 0.1) is 17.6 Å². The maximum Gasteiger partial charge on any atom is 0.176 e. The van der Waals surface area contributed by atoms with E-state index in [2.05, 4.69) is 41.4 Å². The van der Waals surface area contributed by atoms with Crippen molar-refractivity contribution in [3.05, 3.63) is 111 Å². The van der Waals surface area contributed by atoms with Gasteiger partial charge in [0.05, 0.1) is 10.9 Å². The van der Waals surface area contributed by atoms with Gasteiger partial charge in [0.1, 0.15) is 11.6 Å². The smallest absolute Gasteiger partial charge is 0.176 e. The van der Waals surface area contributed by atoms with Crippen molar-refractivity contribution in [2.24, 2.45) is 5.92 Å². The third-order valence-electron chi connectivity index (χ3n) is 7.65. The predicted molar refractivity (Wildman–Crippen MR) is 153 cm³/mol. The van der Waals surface area contributed by atoms with Gasteiger partial charge in [0.25, 0.3) is 0 Å². The molecule has 206 valence electrons. The van der Waals surface area contributed by atoms with E-state index >= 15 is 0 Å². The molecule has 1 unspecified atom stereocenters. The number of sulfone groups is 1. The highest BCUT2D eigenvalue weighted by molar-refractivity contribution is 8.00. The minimum absolute atomic E-state index is 0.00503. The van der Waals surface area contributed by atoms with Crippen LogP contribution in [0.4, 0.5) is 8.78 Å². The molecule has 0 bridgehead atoms. The number of halogens is 3. The molecule has 1 saturated heterocycles. The van der Waals surface area contributed by atoms with Gasteiger partial charge < -0.3 is 5.32 Å². The Morgan fingerprint density at radius 2 is 1.54 bits per heavy atom. The van der Waals surface area contributed by atoms with Gasteiger partial charge in [0.2, 0.25) is 0 Å². The first kappa shape index (κ1) is 28.0. The van der Waals surface area contributed by atoms with E-state index in [4.69, 9.17) is 11.6 Å². The second-order valence-corrected chi connectivity index (χ2v) is 13.1. The molecular formula is C31H33ClF2N2O2S. The van der Waals surface area contributed by atoms with Gasteiger partial charge in [0.15, 0.2) is 9.84 Å². The summed E-state index contributed by atoms with van der Waals surface area (Å²) in [5, 5.41) is 4.33. The first-order chi connectivity index (χ1) is 18.6. The van der Waals surface area contributed by atoms with Crippen LogP contribution in [0.5, 0.6) is 0 Å². The lowest BCUT2D eigenvalue weighted by Crippen LogP contribution is -2.44. The Morgan fingerprint density at radius 3 is 2.05 bits per heavy atom. The number of likely N-dealkylation sites (tertiary alicyclic amines) is 1. The van der Waals surface area contributed by atoms with Crippen LogP contribution < -0.4 is 5.32 Å². The molecule has 8 heteroatoms. The Kier molecular flexibility index (Phi) is 8.24. The first-order valence-electron chi connectivity index (χ1n) is 13.3. The summed E-state index contributed by atoms with van der Waals surface area (Å²) in [6.07, 6.45) is 4.84. The van der Waals surface area contributed by atoms with Crippen LogP contribution in [-0.4, -0.2) is 38.7 Å². The number of benzene rings is 3.